The Morgan fingerprint density at radius 3 is 0.375 bits per heavy atom. The van der Waals surface area contributed by atoms with Gasteiger partial charge in [-0.1, -0.05) is 0 Å². The third-order valence-corrected chi connectivity index (χ3v) is 0. The first-order valence-electron chi connectivity index (χ1n) is 0. The van der Waals surface area contributed by atoms with E-state index < -0.39 is 0 Å². The van der Waals surface area contributed by atoms with E-state index in [9.17, 15) is 0 Å². The van der Waals surface area contributed by atoms with Crippen LogP contribution in [0, 0.1) is 0 Å². The van der Waals surface area contributed by atoms with Crippen molar-refractivity contribution in [1.29, 1.82) is 0 Å². The molecule has 55 valence electrons. The van der Waals surface area contributed by atoms with Gasteiger partial charge in [0, 0.05) is 63.2 Å². The molecule has 0 aromatic rings. The van der Waals surface area contributed by atoms with Gasteiger partial charge in [0.2, 0.25) is 0 Å². The van der Waals surface area contributed by atoms with Crippen LogP contribution >= 0.6 is 19.8 Å². The van der Waals surface area contributed by atoms with Crippen LogP contribution in [0.3, 0.4) is 0 Å². The molecule has 0 aromatic heterocycles. The molecule has 8 heteroatoms. The fourth-order valence-corrected chi connectivity index (χ4v) is 0. The molecule has 0 amide bonds. The van der Waals surface area contributed by atoms with Crippen LogP contribution in [-0.2, 0) is 114 Å². The van der Waals surface area contributed by atoms with Crippen LogP contribution in [0.4, 0.5) is 0 Å². The van der Waals surface area contributed by atoms with Crippen molar-refractivity contribution in [1.82, 2.24) is 0 Å². The molecule has 0 aliphatic rings. The standard InChI is InChI=1S/3Co.2P.3W/q3*+2;2*-3;;;. The summed E-state index contributed by atoms with van der Waals surface area (Å²) in [7, 11) is 0. The van der Waals surface area contributed by atoms with E-state index in [4.69, 9.17) is 0 Å². The summed E-state index contributed by atoms with van der Waals surface area (Å²) in [6.45, 7) is 0. The van der Waals surface area contributed by atoms with E-state index in [1.165, 1.54) is 0 Å². The van der Waals surface area contributed by atoms with Crippen molar-refractivity contribution in [2.75, 3.05) is 0 Å². The summed E-state index contributed by atoms with van der Waals surface area (Å²) >= 11 is 0. The molecule has 0 heterocycles. The van der Waals surface area contributed by atoms with Crippen LogP contribution in [0.25, 0.3) is 0 Å². The van der Waals surface area contributed by atoms with E-state index in [2.05, 4.69) is 0 Å². The van der Waals surface area contributed by atoms with Crippen molar-refractivity contribution in [3.63, 3.8) is 0 Å². The molecule has 0 spiro atoms. The Hall–Kier alpha value is 4.44. The van der Waals surface area contributed by atoms with E-state index in [-0.39, 0.29) is 133 Å². The summed E-state index contributed by atoms with van der Waals surface area (Å²) in [6.07, 6.45) is 0. The Morgan fingerprint density at radius 1 is 0.375 bits per heavy atom. The average Bonchev–Trinajstić information content (AvgIpc) is 0. The van der Waals surface area contributed by atoms with Crippen molar-refractivity contribution in [3.8, 4) is 0 Å². The van der Waals surface area contributed by atoms with Crippen molar-refractivity contribution in [3.05, 3.63) is 0 Å². The van der Waals surface area contributed by atoms with Crippen molar-refractivity contribution in [2.45, 2.75) is 0 Å². The Labute approximate surface area is 131 Å². The quantitative estimate of drug-likeness (QED) is 0.329. The number of hydrogen-bond donors (Lipinski definition) is 0. The zero-order valence-electron chi connectivity index (χ0n) is 3.12. The summed E-state index contributed by atoms with van der Waals surface area (Å²) in [5.74, 6) is 0. The van der Waals surface area contributed by atoms with E-state index in [0.717, 1.165) is 0 Å². The molecule has 8 heavy (non-hydrogen) atoms. The van der Waals surface area contributed by atoms with Gasteiger partial charge in [0.1, 0.15) is 0 Å². The van der Waals surface area contributed by atoms with E-state index in [0.29, 0.717) is 0 Å². The molecule has 0 N–H and O–H groups in total. The van der Waals surface area contributed by atoms with Gasteiger partial charge in [-0.2, -0.15) is 0 Å². The maximum atomic E-state index is 0. The van der Waals surface area contributed by atoms with Gasteiger partial charge < -0.3 is 19.8 Å². The third-order valence-electron chi connectivity index (χ3n) is 0. The largest absolute Gasteiger partial charge is 3.00 e. The smallest absolute Gasteiger partial charge is 2.00 e. The molecule has 0 aromatic carbocycles. The summed E-state index contributed by atoms with van der Waals surface area (Å²) in [5.41, 5.74) is 0. The van der Waals surface area contributed by atoms with Crippen LogP contribution in [0.15, 0.2) is 0 Å². The predicted octanol–water partition coefficient (Wildman–Crippen LogP) is 1.71. The number of rotatable bonds is 0. The van der Waals surface area contributed by atoms with Gasteiger partial charge in [-0.3, -0.25) is 0 Å². The van der Waals surface area contributed by atoms with E-state index in [1.807, 2.05) is 0 Å². The minimum Gasteiger partial charge on any atom is -3.00 e. The number of hydrogen-bond acceptors (Lipinski definition) is 0. The molecule has 0 atom stereocenters. The van der Waals surface area contributed by atoms with Gasteiger partial charge >= 0.3 is 50.3 Å². The maximum absolute atomic E-state index is 0. The molecule has 0 rings (SSSR count). The molecule has 0 nitrogen and oxygen atoms in total. The second kappa shape index (κ2) is 63.2. The SMILES string of the molecule is [Co+2].[Co+2].[Co+2].[P-3].[P-3].[W].[W].[W]. The van der Waals surface area contributed by atoms with E-state index in [1.54, 1.807) is 0 Å². The van der Waals surface area contributed by atoms with Crippen LogP contribution in [0.1, 0.15) is 0 Å². The van der Waals surface area contributed by atoms with Crippen LogP contribution < -0.4 is 0 Å². The van der Waals surface area contributed by atoms with Crippen LogP contribution in [0.2, 0.25) is 0 Å². The Bertz CT molecular complexity index is 12.5. The van der Waals surface area contributed by atoms with Gasteiger partial charge in [-0.25, -0.2) is 0 Å². The normalized spacial score (nSPS) is 0. The Kier molecular flexibility index (Phi) is 652. The summed E-state index contributed by atoms with van der Waals surface area (Å²) in [4.78, 5) is 0. The molecule has 0 unspecified atom stereocenters. The van der Waals surface area contributed by atoms with Crippen molar-refractivity contribution in [2.24, 2.45) is 0 Å². The molecule has 0 aliphatic carbocycles. The minimum atomic E-state index is 0. The Balaban J connectivity index is 0. The first-order valence-corrected chi connectivity index (χ1v) is 0. The first-order chi connectivity index (χ1) is 0. The summed E-state index contributed by atoms with van der Waals surface area (Å²) < 4.78 is 0. The van der Waals surface area contributed by atoms with Gasteiger partial charge in [0.05, 0.1) is 0 Å². The zero-order chi connectivity index (χ0) is 0. The molecule has 0 fully saturated rings. The molecular formula is Co3P2W3. The molecule has 0 saturated heterocycles. The second-order valence-corrected chi connectivity index (χ2v) is 0. The second-order valence-electron chi connectivity index (χ2n) is 0. The molecular weight excluding hydrogens is 790 g/mol. The maximum Gasteiger partial charge on any atom is 2.00 e. The van der Waals surface area contributed by atoms with E-state index >= 15 is 0 Å². The van der Waals surface area contributed by atoms with Gasteiger partial charge in [0.25, 0.3) is 0 Å². The fraction of sp³-hybridized carbons (Fsp3) is 0. The molecule has 0 bridgehead atoms. The van der Waals surface area contributed by atoms with Gasteiger partial charge in [-0.05, 0) is 0 Å². The van der Waals surface area contributed by atoms with Crippen molar-refractivity contribution < 1.29 is 114 Å². The first kappa shape index (κ1) is 82.5. The third kappa shape index (κ3) is 47.2. The molecule has 0 aliphatic heterocycles. The molecule has 3 radical (unpaired) electrons. The molecule has 0 saturated carbocycles. The fourth-order valence-electron chi connectivity index (χ4n) is 0. The van der Waals surface area contributed by atoms with Gasteiger partial charge in [0.15, 0.2) is 0 Å². The summed E-state index contributed by atoms with van der Waals surface area (Å²) in [5, 5.41) is 0. The van der Waals surface area contributed by atoms with Crippen molar-refractivity contribution >= 4 is 19.8 Å². The predicted molar refractivity (Wildman–Crippen MR) is 13.8 cm³/mol. The van der Waals surface area contributed by atoms with Gasteiger partial charge in [-0.15, -0.1) is 0 Å². The minimum absolute atomic E-state index is 0. The van der Waals surface area contributed by atoms with Crippen LogP contribution in [-0.4, -0.2) is 0 Å². The monoisotopic (exact) mass is 791 g/mol. The zero-order valence-corrected chi connectivity index (χ0v) is 16.8. The topological polar surface area (TPSA) is 0 Å². The van der Waals surface area contributed by atoms with Crippen LogP contribution in [0.5, 0.6) is 0 Å². The Morgan fingerprint density at radius 2 is 0.375 bits per heavy atom. The average molecular weight is 790 g/mol. The summed E-state index contributed by atoms with van der Waals surface area (Å²) in [6, 6.07) is 0.